The van der Waals surface area contributed by atoms with Gasteiger partial charge in [0, 0.05) is 5.56 Å². The van der Waals surface area contributed by atoms with Gasteiger partial charge < -0.3 is 4.74 Å². The van der Waals surface area contributed by atoms with Crippen molar-refractivity contribution >= 4 is 0 Å². The van der Waals surface area contributed by atoms with E-state index in [2.05, 4.69) is 6.92 Å². The van der Waals surface area contributed by atoms with E-state index >= 15 is 0 Å². The Kier molecular flexibility index (Phi) is 6.29. The van der Waals surface area contributed by atoms with Gasteiger partial charge in [0.1, 0.15) is 5.82 Å². The third-order valence-corrected chi connectivity index (χ3v) is 6.74. The maximum Gasteiger partial charge on any atom is 0.159 e. The molecule has 1 heterocycles. The molecule has 0 aromatic heterocycles. The molecule has 4 heteroatoms. The van der Waals surface area contributed by atoms with Crippen molar-refractivity contribution < 1.29 is 17.9 Å². The highest BCUT2D eigenvalue weighted by Gasteiger charge is 2.34. The van der Waals surface area contributed by atoms with Crippen LogP contribution in [0.1, 0.15) is 69.8 Å². The van der Waals surface area contributed by atoms with Crippen molar-refractivity contribution in [2.75, 3.05) is 0 Å². The largest absolute Gasteiger partial charge is 0.375 e. The summed E-state index contributed by atoms with van der Waals surface area (Å²) in [5.74, 6) is -1.28. The van der Waals surface area contributed by atoms with E-state index < -0.39 is 11.6 Å². The van der Waals surface area contributed by atoms with E-state index in [1.807, 2.05) is 6.07 Å². The van der Waals surface area contributed by atoms with Crippen molar-refractivity contribution in [2.24, 2.45) is 5.92 Å². The number of rotatable bonds is 5. The van der Waals surface area contributed by atoms with Crippen LogP contribution in [0.2, 0.25) is 0 Å². The van der Waals surface area contributed by atoms with Crippen LogP contribution in [0.15, 0.2) is 36.4 Å². The first-order chi connectivity index (χ1) is 14.0. The van der Waals surface area contributed by atoms with E-state index in [4.69, 9.17) is 4.74 Å². The Morgan fingerprint density at radius 1 is 0.828 bits per heavy atom. The van der Waals surface area contributed by atoms with Crippen LogP contribution in [0.25, 0.3) is 11.1 Å². The molecular formula is C25H29F3O. The van der Waals surface area contributed by atoms with Crippen LogP contribution in [0.4, 0.5) is 13.2 Å². The molecule has 4 rings (SSSR count). The van der Waals surface area contributed by atoms with Gasteiger partial charge in [-0.05, 0) is 86.1 Å². The average Bonchev–Trinajstić information content (AvgIpc) is 3.19. The number of ether oxygens (including phenoxy) is 1. The highest BCUT2D eigenvalue weighted by Crippen LogP contribution is 2.41. The van der Waals surface area contributed by atoms with E-state index in [0.717, 1.165) is 49.8 Å². The van der Waals surface area contributed by atoms with Gasteiger partial charge in [-0.15, -0.1) is 0 Å². The fourth-order valence-electron chi connectivity index (χ4n) is 5.12. The first-order valence-electron chi connectivity index (χ1n) is 11.0. The second kappa shape index (κ2) is 8.91. The van der Waals surface area contributed by atoms with Crippen molar-refractivity contribution in [2.45, 2.75) is 76.4 Å². The number of hydrogen-bond donors (Lipinski definition) is 0. The predicted molar refractivity (Wildman–Crippen MR) is 109 cm³/mol. The lowest BCUT2D eigenvalue weighted by molar-refractivity contribution is -0.00427. The Morgan fingerprint density at radius 2 is 1.62 bits per heavy atom. The number of hydrogen-bond acceptors (Lipinski definition) is 1. The molecule has 156 valence electrons. The zero-order chi connectivity index (χ0) is 20.4. The molecule has 2 atom stereocenters. The summed E-state index contributed by atoms with van der Waals surface area (Å²) < 4.78 is 47.6. The second-order valence-electron chi connectivity index (χ2n) is 8.64. The van der Waals surface area contributed by atoms with Gasteiger partial charge in [-0.1, -0.05) is 31.5 Å². The van der Waals surface area contributed by atoms with Crippen molar-refractivity contribution in [1.29, 1.82) is 0 Å². The van der Waals surface area contributed by atoms with Gasteiger partial charge in [0.25, 0.3) is 0 Å². The molecule has 2 fully saturated rings. The maximum absolute atomic E-state index is 14.7. The summed E-state index contributed by atoms with van der Waals surface area (Å²) in [6.45, 7) is 2.21. The van der Waals surface area contributed by atoms with Gasteiger partial charge in [-0.25, -0.2) is 13.2 Å². The minimum Gasteiger partial charge on any atom is -0.375 e. The van der Waals surface area contributed by atoms with Crippen LogP contribution in [-0.4, -0.2) is 12.2 Å². The summed E-state index contributed by atoms with van der Waals surface area (Å²) in [6.07, 6.45) is 9.90. The van der Waals surface area contributed by atoms with Crippen LogP contribution >= 0.6 is 0 Å². The lowest BCUT2D eigenvalue weighted by atomic mass is 9.76. The summed E-state index contributed by atoms with van der Waals surface area (Å²) in [6, 6.07) is 8.70. The highest BCUT2D eigenvalue weighted by molar-refractivity contribution is 5.64. The predicted octanol–water partition coefficient (Wildman–Crippen LogP) is 7.39. The molecule has 0 spiro atoms. The Morgan fingerprint density at radius 3 is 2.31 bits per heavy atom. The minimum atomic E-state index is -0.959. The summed E-state index contributed by atoms with van der Waals surface area (Å²) in [7, 11) is 0. The summed E-state index contributed by atoms with van der Waals surface area (Å²) >= 11 is 0. The molecule has 0 bridgehead atoms. The molecule has 0 N–H and O–H groups in total. The lowest BCUT2D eigenvalue weighted by Gasteiger charge is -2.32. The highest BCUT2D eigenvalue weighted by atomic mass is 19.2. The Labute approximate surface area is 171 Å². The molecule has 0 radical (unpaired) electrons. The summed E-state index contributed by atoms with van der Waals surface area (Å²) in [4.78, 5) is 0. The van der Waals surface area contributed by atoms with Crippen LogP contribution < -0.4 is 0 Å². The van der Waals surface area contributed by atoms with Gasteiger partial charge in [-0.3, -0.25) is 0 Å². The molecule has 1 nitrogen and oxygen atoms in total. The van der Waals surface area contributed by atoms with E-state index in [0.29, 0.717) is 35.2 Å². The van der Waals surface area contributed by atoms with E-state index in [1.165, 1.54) is 25.3 Å². The minimum absolute atomic E-state index is 0.308. The van der Waals surface area contributed by atoms with Gasteiger partial charge in [0.2, 0.25) is 0 Å². The van der Waals surface area contributed by atoms with Crippen molar-refractivity contribution in [3.05, 3.63) is 59.4 Å². The molecule has 29 heavy (non-hydrogen) atoms. The standard InChI is InChI=1S/C25H29F3O/c1-2-3-20-10-13-25(29-20)17-6-4-16(5-7-17)18-8-11-21(23(27)14-18)19-9-12-22(26)24(28)15-19/h8-9,11-12,14-17,20,25H,2-7,10,13H2,1H3. The summed E-state index contributed by atoms with van der Waals surface area (Å²) in [5.41, 5.74) is 1.67. The summed E-state index contributed by atoms with van der Waals surface area (Å²) in [5, 5.41) is 0. The average molecular weight is 403 g/mol. The Bertz CT molecular complexity index is 842. The van der Waals surface area contributed by atoms with Gasteiger partial charge >= 0.3 is 0 Å². The van der Waals surface area contributed by atoms with Gasteiger partial charge in [0.05, 0.1) is 12.2 Å². The molecule has 1 aliphatic carbocycles. The van der Waals surface area contributed by atoms with Crippen LogP contribution in [0, 0.1) is 23.4 Å². The van der Waals surface area contributed by atoms with Crippen LogP contribution in [-0.2, 0) is 4.74 Å². The molecule has 0 amide bonds. The van der Waals surface area contributed by atoms with E-state index in [9.17, 15) is 13.2 Å². The van der Waals surface area contributed by atoms with E-state index in [-0.39, 0.29) is 5.82 Å². The quantitative estimate of drug-likeness (QED) is 0.506. The van der Waals surface area contributed by atoms with Gasteiger partial charge in [-0.2, -0.15) is 0 Å². The normalized spacial score (nSPS) is 27.3. The van der Waals surface area contributed by atoms with Crippen molar-refractivity contribution in [3.63, 3.8) is 0 Å². The number of halogens is 3. The molecule has 1 saturated carbocycles. The maximum atomic E-state index is 14.7. The fourth-order valence-corrected chi connectivity index (χ4v) is 5.12. The zero-order valence-corrected chi connectivity index (χ0v) is 17.0. The van der Waals surface area contributed by atoms with Gasteiger partial charge in [0.15, 0.2) is 11.6 Å². The third kappa shape index (κ3) is 4.53. The molecule has 2 unspecified atom stereocenters. The molecule has 2 aromatic rings. The number of benzene rings is 2. The lowest BCUT2D eigenvalue weighted by Crippen LogP contribution is -2.25. The monoisotopic (exact) mass is 402 g/mol. The fraction of sp³-hybridized carbons (Fsp3) is 0.520. The van der Waals surface area contributed by atoms with E-state index in [1.54, 1.807) is 12.1 Å². The Balaban J connectivity index is 1.39. The molecular weight excluding hydrogens is 373 g/mol. The smallest absolute Gasteiger partial charge is 0.159 e. The molecule has 2 aliphatic rings. The SMILES string of the molecule is CCCC1CCC(C2CCC(c3ccc(-c4ccc(F)c(F)c4)c(F)c3)CC2)O1. The van der Waals surface area contributed by atoms with Crippen molar-refractivity contribution in [3.8, 4) is 11.1 Å². The molecule has 1 saturated heterocycles. The second-order valence-corrected chi connectivity index (χ2v) is 8.64. The molecule has 2 aromatic carbocycles. The first kappa shape index (κ1) is 20.5. The molecule has 1 aliphatic heterocycles. The topological polar surface area (TPSA) is 9.23 Å². The van der Waals surface area contributed by atoms with Crippen molar-refractivity contribution in [1.82, 2.24) is 0 Å². The zero-order valence-electron chi connectivity index (χ0n) is 17.0. The third-order valence-electron chi connectivity index (χ3n) is 6.74. The van der Waals surface area contributed by atoms with Crippen LogP contribution in [0.5, 0.6) is 0 Å². The first-order valence-corrected chi connectivity index (χ1v) is 11.0. The Hall–Kier alpha value is -1.81. The van der Waals surface area contributed by atoms with Crippen LogP contribution in [0.3, 0.4) is 0 Å².